The highest BCUT2D eigenvalue weighted by Crippen LogP contribution is 2.24. The van der Waals surface area contributed by atoms with Crippen molar-refractivity contribution in [3.63, 3.8) is 0 Å². The molecule has 2 aromatic carbocycles. The molecule has 0 saturated heterocycles. The predicted molar refractivity (Wildman–Crippen MR) is 93.6 cm³/mol. The Morgan fingerprint density at radius 1 is 1.04 bits per heavy atom. The summed E-state index contributed by atoms with van der Waals surface area (Å²) >= 11 is 11.9. The number of rotatable bonds is 3. The van der Waals surface area contributed by atoms with Crippen molar-refractivity contribution in [2.75, 3.05) is 5.32 Å². The molecule has 1 aromatic heterocycles. The van der Waals surface area contributed by atoms with Gasteiger partial charge in [-0.1, -0.05) is 34.4 Å². The van der Waals surface area contributed by atoms with E-state index in [1.54, 1.807) is 12.1 Å². The van der Waals surface area contributed by atoms with Crippen LogP contribution in [0.3, 0.4) is 0 Å². The van der Waals surface area contributed by atoms with Gasteiger partial charge in [0, 0.05) is 10.6 Å². The van der Waals surface area contributed by atoms with Crippen LogP contribution in [0.25, 0.3) is 11.5 Å². The first kappa shape index (κ1) is 16.5. The van der Waals surface area contributed by atoms with Crippen molar-refractivity contribution in [2.45, 2.75) is 13.8 Å². The molecule has 3 rings (SSSR count). The Morgan fingerprint density at radius 3 is 2.58 bits per heavy atom. The molecule has 5 nitrogen and oxygen atoms in total. The van der Waals surface area contributed by atoms with Gasteiger partial charge in [0.1, 0.15) is 0 Å². The molecule has 0 aliphatic carbocycles. The van der Waals surface area contributed by atoms with Gasteiger partial charge in [0.15, 0.2) is 0 Å². The number of hydrogen-bond acceptors (Lipinski definition) is 4. The summed E-state index contributed by atoms with van der Waals surface area (Å²) in [5, 5.41) is 11.0. The molecular weight excluding hydrogens is 349 g/mol. The normalized spacial score (nSPS) is 10.7. The monoisotopic (exact) mass is 361 g/mol. The van der Waals surface area contributed by atoms with Gasteiger partial charge in [-0.25, -0.2) is 0 Å². The lowest BCUT2D eigenvalue weighted by molar-refractivity contribution is 0.102. The van der Waals surface area contributed by atoms with Crippen LogP contribution < -0.4 is 5.32 Å². The molecule has 0 spiro atoms. The molecule has 0 unspecified atom stereocenters. The first-order valence-corrected chi connectivity index (χ1v) is 7.87. The Morgan fingerprint density at radius 2 is 1.83 bits per heavy atom. The molecule has 1 heterocycles. The minimum Gasteiger partial charge on any atom is -0.403 e. The van der Waals surface area contributed by atoms with Crippen LogP contribution in [0, 0.1) is 13.8 Å². The average Bonchev–Trinajstić information content (AvgIpc) is 3.00. The SMILES string of the molecule is Cc1ccc(-c2nnc(NC(=O)c3cc(Cl)ccc3Cl)o2)cc1C. The molecule has 3 aromatic rings. The molecule has 0 bridgehead atoms. The number of aryl methyl sites for hydroxylation is 2. The minimum absolute atomic E-state index is 0.00993. The second-order valence-corrected chi connectivity index (χ2v) is 6.13. The van der Waals surface area contributed by atoms with Crippen LogP contribution in [0.1, 0.15) is 21.5 Å². The van der Waals surface area contributed by atoms with E-state index in [1.807, 2.05) is 32.0 Å². The van der Waals surface area contributed by atoms with Gasteiger partial charge in [0.05, 0.1) is 10.6 Å². The molecule has 0 fully saturated rings. The zero-order chi connectivity index (χ0) is 17.3. The van der Waals surface area contributed by atoms with Crippen LogP contribution >= 0.6 is 23.2 Å². The van der Waals surface area contributed by atoms with Gasteiger partial charge in [0.2, 0.25) is 5.89 Å². The number of carbonyl (C=O) groups excluding carboxylic acids is 1. The van der Waals surface area contributed by atoms with Crippen molar-refractivity contribution in [1.29, 1.82) is 0 Å². The molecule has 0 atom stereocenters. The van der Waals surface area contributed by atoms with Gasteiger partial charge in [-0.3, -0.25) is 10.1 Å². The second kappa shape index (κ2) is 6.63. The van der Waals surface area contributed by atoms with Gasteiger partial charge in [-0.15, -0.1) is 5.10 Å². The van der Waals surface area contributed by atoms with Gasteiger partial charge in [-0.05, 0) is 55.3 Å². The minimum atomic E-state index is -0.474. The van der Waals surface area contributed by atoms with Crippen molar-refractivity contribution in [3.8, 4) is 11.5 Å². The maximum Gasteiger partial charge on any atom is 0.322 e. The summed E-state index contributed by atoms with van der Waals surface area (Å²) in [7, 11) is 0. The topological polar surface area (TPSA) is 68.0 Å². The first-order valence-electron chi connectivity index (χ1n) is 7.11. The van der Waals surface area contributed by atoms with E-state index in [4.69, 9.17) is 27.6 Å². The molecule has 7 heteroatoms. The van der Waals surface area contributed by atoms with E-state index in [-0.39, 0.29) is 16.6 Å². The van der Waals surface area contributed by atoms with Crippen LogP contribution in [0.5, 0.6) is 0 Å². The predicted octanol–water partition coefficient (Wildman–Crippen LogP) is 4.91. The third kappa shape index (κ3) is 3.42. The quantitative estimate of drug-likeness (QED) is 0.719. The maximum absolute atomic E-state index is 12.2. The van der Waals surface area contributed by atoms with E-state index in [0.717, 1.165) is 11.1 Å². The fourth-order valence-electron chi connectivity index (χ4n) is 2.10. The van der Waals surface area contributed by atoms with Gasteiger partial charge >= 0.3 is 6.01 Å². The van der Waals surface area contributed by atoms with Crippen LogP contribution in [0.2, 0.25) is 10.0 Å². The number of carbonyl (C=O) groups is 1. The van der Waals surface area contributed by atoms with Crippen LogP contribution in [-0.2, 0) is 0 Å². The highest BCUT2D eigenvalue weighted by atomic mass is 35.5. The molecule has 0 saturated carbocycles. The van der Waals surface area contributed by atoms with Crippen molar-refractivity contribution >= 4 is 35.1 Å². The fraction of sp³-hybridized carbons (Fsp3) is 0.118. The summed E-state index contributed by atoms with van der Waals surface area (Å²) in [5.74, 6) is -0.150. The molecule has 122 valence electrons. The number of nitrogens with zero attached hydrogens (tertiary/aromatic N) is 2. The lowest BCUT2D eigenvalue weighted by Gasteiger charge is -2.03. The number of aromatic nitrogens is 2. The Kier molecular flexibility index (Phi) is 4.55. The largest absolute Gasteiger partial charge is 0.403 e. The molecule has 1 N–H and O–H groups in total. The van der Waals surface area contributed by atoms with Gasteiger partial charge in [0.25, 0.3) is 5.91 Å². The lowest BCUT2D eigenvalue weighted by Crippen LogP contribution is -2.12. The summed E-state index contributed by atoms with van der Waals surface area (Å²) in [6.07, 6.45) is 0. The zero-order valence-electron chi connectivity index (χ0n) is 12.9. The Hall–Kier alpha value is -2.37. The molecule has 1 amide bonds. The van der Waals surface area contributed by atoms with E-state index < -0.39 is 5.91 Å². The number of anilines is 1. The van der Waals surface area contributed by atoms with E-state index >= 15 is 0 Å². The van der Waals surface area contributed by atoms with Gasteiger partial charge in [-0.2, -0.15) is 0 Å². The standard InChI is InChI=1S/C17H13Cl2N3O2/c1-9-3-4-11(7-10(9)2)16-21-22-17(24-16)20-15(23)13-8-12(18)5-6-14(13)19/h3-8H,1-2H3,(H,20,22,23). The fourth-order valence-corrected chi connectivity index (χ4v) is 2.48. The molecular formula is C17H13Cl2N3O2. The zero-order valence-corrected chi connectivity index (χ0v) is 14.4. The summed E-state index contributed by atoms with van der Waals surface area (Å²) in [4.78, 5) is 12.2. The van der Waals surface area contributed by atoms with Crippen molar-refractivity contribution in [3.05, 3.63) is 63.1 Å². The van der Waals surface area contributed by atoms with Crippen molar-refractivity contribution in [2.24, 2.45) is 0 Å². The average molecular weight is 362 g/mol. The molecule has 0 radical (unpaired) electrons. The van der Waals surface area contributed by atoms with Crippen LogP contribution in [0.15, 0.2) is 40.8 Å². The van der Waals surface area contributed by atoms with E-state index in [0.29, 0.717) is 10.9 Å². The van der Waals surface area contributed by atoms with Crippen molar-refractivity contribution in [1.82, 2.24) is 10.2 Å². The summed E-state index contributed by atoms with van der Waals surface area (Å²) in [5.41, 5.74) is 3.30. The summed E-state index contributed by atoms with van der Waals surface area (Å²) in [6.45, 7) is 4.02. The highest BCUT2D eigenvalue weighted by Gasteiger charge is 2.15. The molecule has 0 aliphatic heterocycles. The van der Waals surface area contributed by atoms with Crippen LogP contribution in [-0.4, -0.2) is 16.1 Å². The van der Waals surface area contributed by atoms with E-state index in [2.05, 4.69) is 15.5 Å². The summed E-state index contributed by atoms with van der Waals surface area (Å²) in [6, 6.07) is 10.4. The maximum atomic E-state index is 12.2. The van der Waals surface area contributed by atoms with E-state index in [1.165, 1.54) is 11.6 Å². The number of amides is 1. The lowest BCUT2D eigenvalue weighted by atomic mass is 10.1. The number of halogens is 2. The Bertz CT molecular complexity index is 922. The third-order valence-electron chi connectivity index (χ3n) is 3.57. The Labute approximate surface area is 148 Å². The van der Waals surface area contributed by atoms with E-state index in [9.17, 15) is 4.79 Å². The Balaban J connectivity index is 1.82. The highest BCUT2D eigenvalue weighted by molar-refractivity contribution is 6.36. The number of benzene rings is 2. The molecule has 0 aliphatic rings. The second-order valence-electron chi connectivity index (χ2n) is 5.29. The summed E-state index contributed by atoms with van der Waals surface area (Å²) < 4.78 is 5.50. The number of hydrogen-bond donors (Lipinski definition) is 1. The van der Waals surface area contributed by atoms with Gasteiger partial charge < -0.3 is 4.42 Å². The third-order valence-corrected chi connectivity index (χ3v) is 4.14. The first-order chi connectivity index (χ1) is 11.4. The van der Waals surface area contributed by atoms with Crippen LogP contribution in [0.4, 0.5) is 6.01 Å². The number of nitrogens with one attached hydrogen (secondary N) is 1. The van der Waals surface area contributed by atoms with Crippen molar-refractivity contribution < 1.29 is 9.21 Å². The smallest absolute Gasteiger partial charge is 0.322 e. The molecule has 24 heavy (non-hydrogen) atoms.